The van der Waals surface area contributed by atoms with E-state index < -0.39 is 27.9 Å². The summed E-state index contributed by atoms with van der Waals surface area (Å²) in [7, 11) is -3.56. The summed E-state index contributed by atoms with van der Waals surface area (Å²) in [6, 6.07) is 20.9. The van der Waals surface area contributed by atoms with E-state index in [-0.39, 0.29) is 11.5 Å². The van der Waals surface area contributed by atoms with Gasteiger partial charge in [-0.25, -0.2) is 8.42 Å². The van der Waals surface area contributed by atoms with Gasteiger partial charge in [-0.2, -0.15) is 17.5 Å². The average molecular weight is 583 g/mol. The molecule has 0 radical (unpaired) electrons. The molecule has 4 rings (SSSR count). The van der Waals surface area contributed by atoms with E-state index in [4.69, 9.17) is 4.74 Å². The molecule has 0 spiro atoms. The minimum atomic E-state index is -4.44. The van der Waals surface area contributed by atoms with Gasteiger partial charge in [-0.3, -0.25) is 4.90 Å². The first-order valence-corrected chi connectivity index (χ1v) is 13.7. The fourth-order valence-electron chi connectivity index (χ4n) is 4.14. The van der Waals surface area contributed by atoms with E-state index in [1.807, 2.05) is 30.3 Å². The van der Waals surface area contributed by atoms with Crippen molar-refractivity contribution in [3.8, 4) is 0 Å². The molecule has 0 amide bonds. The van der Waals surface area contributed by atoms with Gasteiger partial charge in [0.25, 0.3) is 0 Å². The van der Waals surface area contributed by atoms with Gasteiger partial charge in [-0.1, -0.05) is 58.4 Å². The van der Waals surface area contributed by atoms with Crippen molar-refractivity contribution in [2.75, 3.05) is 39.3 Å². The maximum absolute atomic E-state index is 13.3. The van der Waals surface area contributed by atoms with Crippen LogP contribution >= 0.6 is 15.9 Å². The Balaban J connectivity index is 1.37. The molecular weight excluding hydrogens is 557 g/mol. The van der Waals surface area contributed by atoms with Gasteiger partial charge >= 0.3 is 6.18 Å². The number of benzene rings is 3. The first-order valence-electron chi connectivity index (χ1n) is 11.5. The third-order valence-corrected chi connectivity index (χ3v) is 8.54. The smallest absolute Gasteiger partial charge is 0.367 e. The highest BCUT2D eigenvalue weighted by Gasteiger charge is 2.32. The van der Waals surface area contributed by atoms with E-state index in [1.165, 1.54) is 10.4 Å². The van der Waals surface area contributed by atoms with E-state index in [0.29, 0.717) is 38.3 Å². The molecule has 3 aromatic carbocycles. The predicted octanol–water partition coefficient (Wildman–Crippen LogP) is 5.58. The molecule has 1 atom stereocenters. The number of ether oxygens (including phenoxy) is 1. The van der Waals surface area contributed by atoms with Gasteiger partial charge in [-0.15, -0.1) is 0 Å². The maximum atomic E-state index is 13.3. The van der Waals surface area contributed by atoms with Gasteiger partial charge in [0.2, 0.25) is 10.0 Å². The van der Waals surface area contributed by atoms with Crippen LogP contribution in [0.3, 0.4) is 0 Å². The average Bonchev–Trinajstić information content (AvgIpc) is 2.87. The zero-order valence-electron chi connectivity index (χ0n) is 19.4. The lowest BCUT2D eigenvalue weighted by atomic mass is 9.99. The molecule has 1 unspecified atom stereocenters. The molecule has 0 bridgehead atoms. The Morgan fingerprint density at radius 3 is 2.14 bits per heavy atom. The molecule has 192 valence electrons. The van der Waals surface area contributed by atoms with Gasteiger partial charge in [0.05, 0.1) is 17.1 Å². The number of hydrogen-bond acceptors (Lipinski definition) is 4. The van der Waals surface area contributed by atoms with E-state index in [2.05, 4.69) is 20.8 Å². The molecule has 1 saturated heterocycles. The SMILES string of the molecule is O=S(=O)(c1ccc(Br)cc1)N1CCN(CCOC(c2ccccc2)c2cccc(C(F)(F)F)c2)CC1. The Bertz CT molecular complexity index is 1250. The fraction of sp³-hybridized carbons (Fsp3) is 0.308. The lowest BCUT2D eigenvalue weighted by Crippen LogP contribution is -2.49. The van der Waals surface area contributed by atoms with Crippen molar-refractivity contribution in [1.29, 1.82) is 0 Å². The first kappa shape index (κ1) is 26.8. The molecule has 1 fully saturated rings. The van der Waals surface area contributed by atoms with Gasteiger partial charge in [-0.05, 0) is 47.5 Å². The Kier molecular flexibility index (Phi) is 8.52. The second-order valence-corrected chi connectivity index (χ2v) is 11.3. The molecule has 0 aliphatic carbocycles. The van der Waals surface area contributed by atoms with Crippen LogP contribution in [0.5, 0.6) is 0 Å². The second kappa shape index (κ2) is 11.4. The molecular formula is C26H26BrF3N2O3S. The quantitative estimate of drug-likeness (QED) is 0.348. The fourth-order valence-corrected chi connectivity index (χ4v) is 5.83. The number of piperazine rings is 1. The molecule has 5 nitrogen and oxygen atoms in total. The normalized spacial score (nSPS) is 16.7. The molecule has 1 heterocycles. The maximum Gasteiger partial charge on any atom is 0.416 e. The minimum Gasteiger partial charge on any atom is -0.367 e. The number of alkyl halides is 3. The van der Waals surface area contributed by atoms with Gasteiger partial charge in [0.15, 0.2) is 0 Å². The zero-order chi connectivity index (χ0) is 25.8. The Morgan fingerprint density at radius 2 is 1.50 bits per heavy atom. The van der Waals surface area contributed by atoms with Crippen molar-refractivity contribution in [2.24, 2.45) is 0 Å². The summed E-state index contributed by atoms with van der Waals surface area (Å²) < 4.78 is 74.0. The van der Waals surface area contributed by atoms with Gasteiger partial charge < -0.3 is 4.74 Å². The van der Waals surface area contributed by atoms with Crippen LogP contribution in [-0.2, 0) is 20.9 Å². The molecule has 0 saturated carbocycles. The van der Waals surface area contributed by atoms with E-state index >= 15 is 0 Å². The molecule has 36 heavy (non-hydrogen) atoms. The third-order valence-electron chi connectivity index (χ3n) is 6.09. The van der Waals surface area contributed by atoms with Crippen molar-refractivity contribution in [2.45, 2.75) is 17.2 Å². The summed E-state index contributed by atoms with van der Waals surface area (Å²) in [5.74, 6) is 0. The Hall–Kier alpha value is -2.24. The third kappa shape index (κ3) is 6.54. The molecule has 3 aromatic rings. The van der Waals surface area contributed by atoms with Crippen molar-refractivity contribution in [3.05, 3.63) is 100 Å². The summed E-state index contributed by atoms with van der Waals surface area (Å²) in [6.07, 6.45) is -5.08. The summed E-state index contributed by atoms with van der Waals surface area (Å²) in [5, 5.41) is 0. The topological polar surface area (TPSA) is 49.9 Å². The van der Waals surface area contributed by atoms with Crippen molar-refractivity contribution < 1.29 is 26.3 Å². The predicted molar refractivity (Wildman–Crippen MR) is 135 cm³/mol. The molecule has 1 aliphatic heterocycles. The van der Waals surface area contributed by atoms with Crippen LogP contribution in [0.2, 0.25) is 0 Å². The number of sulfonamides is 1. The van der Waals surface area contributed by atoms with Crippen molar-refractivity contribution in [1.82, 2.24) is 9.21 Å². The van der Waals surface area contributed by atoms with E-state index in [9.17, 15) is 21.6 Å². The van der Waals surface area contributed by atoms with Crippen molar-refractivity contribution in [3.63, 3.8) is 0 Å². The standard InChI is InChI=1S/C26H26BrF3N2O3S/c27-23-9-11-24(12-10-23)36(33,34)32-15-13-31(14-16-32)17-18-35-25(20-5-2-1-3-6-20)21-7-4-8-22(19-21)26(28,29)30/h1-12,19,25H,13-18H2. The lowest BCUT2D eigenvalue weighted by molar-refractivity contribution is -0.137. The summed E-state index contributed by atoms with van der Waals surface area (Å²) >= 11 is 3.32. The van der Waals surface area contributed by atoms with Crippen LogP contribution in [0, 0.1) is 0 Å². The highest BCUT2D eigenvalue weighted by Crippen LogP contribution is 2.33. The summed E-state index contributed by atoms with van der Waals surface area (Å²) in [4.78, 5) is 2.36. The van der Waals surface area contributed by atoms with Gasteiger partial charge in [0, 0.05) is 37.2 Å². The Morgan fingerprint density at radius 1 is 0.861 bits per heavy atom. The number of halogens is 4. The largest absolute Gasteiger partial charge is 0.416 e. The molecule has 0 N–H and O–H groups in total. The van der Waals surface area contributed by atoms with Crippen LogP contribution in [0.4, 0.5) is 13.2 Å². The number of hydrogen-bond donors (Lipinski definition) is 0. The second-order valence-electron chi connectivity index (χ2n) is 8.48. The van der Waals surface area contributed by atoms with Crippen LogP contribution in [0.1, 0.15) is 22.8 Å². The van der Waals surface area contributed by atoms with Gasteiger partial charge in [0.1, 0.15) is 6.10 Å². The highest BCUT2D eigenvalue weighted by atomic mass is 79.9. The molecule has 1 aliphatic rings. The van der Waals surface area contributed by atoms with Crippen LogP contribution in [0.15, 0.2) is 88.2 Å². The van der Waals surface area contributed by atoms with E-state index in [1.54, 1.807) is 30.3 Å². The lowest BCUT2D eigenvalue weighted by Gasteiger charge is -2.34. The van der Waals surface area contributed by atoms with Crippen LogP contribution in [-0.4, -0.2) is 57.0 Å². The monoisotopic (exact) mass is 582 g/mol. The minimum absolute atomic E-state index is 0.259. The summed E-state index contributed by atoms with van der Waals surface area (Å²) in [5.41, 5.74) is 0.483. The summed E-state index contributed by atoms with van der Waals surface area (Å²) in [6.45, 7) is 2.61. The van der Waals surface area contributed by atoms with E-state index in [0.717, 1.165) is 22.2 Å². The number of rotatable bonds is 8. The Labute approximate surface area is 217 Å². The number of nitrogens with zero attached hydrogens (tertiary/aromatic N) is 2. The first-order chi connectivity index (χ1) is 17.1. The van der Waals surface area contributed by atoms with Crippen LogP contribution < -0.4 is 0 Å². The highest BCUT2D eigenvalue weighted by molar-refractivity contribution is 9.10. The zero-order valence-corrected chi connectivity index (χ0v) is 21.8. The van der Waals surface area contributed by atoms with Crippen LogP contribution in [0.25, 0.3) is 0 Å². The molecule has 0 aromatic heterocycles. The molecule has 10 heteroatoms. The van der Waals surface area contributed by atoms with Crippen molar-refractivity contribution >= 4 is 26.0 Å².